The van der Waals surface area contributed by atoms with Crippen LogP contribution >= 0.6 is 0 Å². The molecule has 0 aliphatic heterocycles. The largest absolute Gasteiger partial charge is 0.277 e. The minimum Gasteiger partial charge on any atom is -0.277 e. The van der Waals surface area contributed by atoms with E-state index in [0.717, 1.165) is 11.6 Å². The minimum atomic E-state index is -3.91. The summed E-state index contributed by atoms with van der Waals surface area (Å²) in [6.07, 6.45) is 1.57. The summed E-state index contributed by atoms with van der Waals surface area (Å²) < 4.78 is 27.1. The Kier molecular flexibility index (Phi) is 7.46. The van der Waals surface area contributed by atoms with Gasteiger partial charge in [0, 0.05) is 25.2 Å². The molecule has 0 aliphatic rings. The van der Waals surface area contributed by atoms with Crippen LogP contribution in [-0.4, -0.2) is 37.0 Å². The third-order valence-electron chi connectivity index (χ3n) is 4.50. The smallest absolute Gasteiger partial charge is 0.270 e. The lowest BCUT2D eigenvalue weighted by atomic mass is 10.0. The van der Waals surface area contributed by atoms with E-state index in [1.165, 1.54) is 22.0 Å². The molecule has 0 radical (unpaired) electrons. The van der Waals surface area contributed by atoms with Crippen LogP contribution in [0.25, 0.3) is 0 Å². The van der Waals surface area contributed by atoms with E-state index >= 15 is 0 Å². The number of rotatable bonds is 9. The molecule has 0 saturated heterocycles. The molecule has 1 N–H and O–H groups in total. The summed E-state index contributed by atoms with van der Waals surface area (Å²) in [5.74, 6) is 0.423. The van der Waals surface area contributed by atoms with Gasteiger partial charge in [-0.05, 0) is 23.1 Å². The Balaban J connectivity index is 2.35. The molecular formula is C20H26N4O4S. The van der Waals surface area contributed by atoms with Crippen molar-refractivity contribution in [2.75, 3.05) is 18.5 Å². The number of anilines is 1. The number of hydrogen-bond acceptors (Lipinski definition) is 6. The molecule has 0 saturated carbocycles. The Morgan fingerprint density at radius 2 is 1.76 bits per heavy atom. The van der Waals surface area contributed by atoms with Crippen LogP contribution in [0.2, 0.25) is 0 Å². The monoisotopic (exact) mass is 418 g/mol. The van der Waals surface area contributed by atoms with Crippen LogP contribution in [0.1, 0.15) is 44.7 Å². The van der Waals surface area contributed by atoms with Gasteiger partial charge in [0.05, 0.1) is 16.8 Å². The molecule has 0 unspecified atom stereocenters. The standard InChI is InChI=1S/C20H26N4O4S/c1-5-23(6-2)29(27,28)20-13-18(24(25)26)11-12-19(20)22-21-14-16-7-9-17(10-8-16)15(3)4/h7-15,22H,5-6H2,1-4H3/b21-14+. The van der Waals surface area contributed by atoms with Gasteiger partial charge in [0.15, 0.2) is 0 Å². The first-order chi connectivity index (χ1) is 13.7. The van der Waals surface area contributed by atoms with E-state index in [1.807, 2.05) is 24.3 Å². The van der Waals surface area contributed by atoms with Crippen LogP contribution in [0, 0.1) is 10.1 Å². The van der Waals surface area contributed by atoms with Crippen molar-refractivity contribution in [3.8, 4) is 0 Å². The molecule has 2 rings (SSSR count). The lowest BCUT2D eigenvalue weighted by Gasteiger charge is -2.20. The van der Waals surface area contributed by atoms with E-state index in [0.29, 0.717) is 5.92 Å². The Hall–Kier alpha value is -2.78. The van der Waals surface area contributed by atoms with E-state index in [1.54, 1.807) is 20.1 Å². The van der Waals surface area contributed by atoms with E-state index in [4.69, 9.17) is 0 Å². The number of hydrogen-bond donors (Lipinski definition) is 1. The highest BCUT2D eigenvalue weighted by Crippen LogP contribution is 2.29. The summed E-state index contributed by atoms with van der Waals surface area (Å²) in [5.41, 5.74) is 4.65. The van der Waals surface area contributed by atoms with Gasteiger partial charge in [-0.15, -0.1) is 0 Å². The number of benzene rings is 2. The Bertz CT molecular complexity index is 982. The van der Waals surface area contributed by atoms with Crippen molar-refractivity contribution in [1.29, 1.82) is 0 Å². The second-order valence-corrected chi connectivity index (χ2v) is 8.62. The molecule has 0 aromatic heterocycles. The maximum atomic E-state index is 12.9. The Morgan fingerprint density at radius 1 is 1.14 bits per heavy atom. The summed E-state index contributed by atoms with van der Waals surface area (Å²) in [7, 11) is -3.91. The summed E-state index contributed by atoms with van der Waals surface area (Å²) in [5, 5.41) is 15.2. The van der Waals surface area contributed by atoms with Crippen molar-refractivity contribution in [1.82, 2.24) is 4.31 Å². The van der Waals surface area contributed by atoms with Crippen molar-refractivity contribution >= 4 is 27.6 Å². The number of nitro benzene ring substituents is 1. The van der Waals surface area contributed by atoms with E-state index in [9.17, 15) is 18.5 Å². The molecule has 2 aromatic rings. The molecule has 0 bridgehead atoms. The fourth-order valence-corrected chi connectivity index (χ4v) is 4.40. The van der Waals surface area contributed by atoms with Crippen molar-refractivity contribution in [2.45, 2.75) is 38.5 Å². The first-order valence-corrected chi connectivity index (χ1v) is 10.8. The predicted molar refractivity (Wildman–Crippen MR) is 115 cm³/mol. The first-order valence-electron chi connectivity index (χ1n) is 9.38. The van der Waals surface area contributed by atoms with Crippen LogP contribution in [0.4, 0.5) is 11.4 Å². The average Bonchev–Trinajstić information content (AvgIpc) is 2.69. The van der Waals surface area contributed by atoms with Gasteiger partial charge >= 0.3 is 0 Å². The summed E-state index contributed by atoms with van der Waals surface area (Å²) in [4.78, 5) is 10.3. The number of nitrogens with one attached hydrogen (secondary N) is 1. The fraction of sp³-hybridized carbons (Fsp3) is 0.350. The quantitative estimate of drug-likeness (QED) is 0.373. The lowest BCUT2D eigenvalue weighted by Crippen LogP contribution is -2.31. The zero-order chi connectivity index (χ0) is 21.6. The third kappa shape index (κ3) is 5.39. The maximum absolute atomic E-state index is 12.9. The zero-order valence-electron chi connectivity index (χ0n) is 17.0. The van der Waals surface area contributed by atoms with Crippen LogP contribution in [0.3, 0.4) is 0 Å². The topological polar surface area (TPSA) is 105 Å². The van der Waals surface area contributed by atoms with Crippen molar-refractivity contribution in [3.05, 3.63) is 63.7 Å². The van der Waals surface area contributed by atoms with E-state index < -0.39 is 14.9 Å². The molecule has 8 nitrogen and oxygen atoms in total. The van der Waals surface area contributed by atoms with Gasteiger partial charge in [-0.2, -0.15) is 9.41 Å². The SMILES string of the molecule is CCN(CC)S(=O)(=O)c1cc([N+](=O)[O-])ccc1N/N=C/c1ccc(C(C)C)cc1. The van der Waals surface area contributed by atoms with Gasteiger partial charge in [0.2, 0.25) is 10.0 Å². The fourth-order valence-electron chi connectivity index (χ4n) is 2.78. The molecule has 9 heteroatoms. The van der Waals surface area contributed by atoms with Crippen LogP contribution in [-0.2, 0) is 10.0 Å². The normalized spacial score (nSPS) is 12.1. The second kappa shape index (κ2) is 9.62. The highest BCUT2D eigenvalue weighted by Gasteiger charge is 2.27. The summed E-state index contributed by atoms with van der Waals surface area (Å²) in [6, 6.07) is 11.5. The van der Waals surface area contributed by atoms with Gasteiger partial charge in [-0.3, -0.25) is 15.5 Å². The van der Waals surface area contributed by atoms with Crippen molar-refractivity contribution in [3.63, 3.8) is 0 Å². The van der Waals surface area contributed by atoms with Gasteiger partial charge in [0.1, 0.15) is 4.90 Å². The zero-order valence-corrected chi connectivity index (χ0v) is 17.8. The molecule has 29 heavy (non-hydrogen) atoms. The van der Waals surface area contributed by atoms with E-state index in [2.05, 4.69) is 24.4 Å². The van der Waals surface area contributed by atoms with Crippen molar-refractivity contribution < 1.29 is 13.3 Å². The number of hydrazone groups is 1. The molecule has 0 amide bonds. The number of nitrogens with zero attached hydrogens (tertiary/aromatic N) is 3. The van der Waals surface area contributed by atoms with Gasteiger partial charge in [-0.25, -0.2) is 8.42 Å². The second-order valence-electron chi connectivity index (χ2n) is 6.72. The maximum Gasteiger partial charge on any atom is 0.270 e. The number of nitro groups is 1. The summed E-state index contributed by atoms with van der Waals surface area (Å²) >= 11 is 0. The van der Waals surface area contributed by atoms with Crippen LogP contribution in [0.5, 0.6) is 0 Å². The molecule has 0 spiro atoms. The average molecular weight is 419 g/mol. The lowest BCUT2D eigenvalue weighted by molar-refractivity contribution is -0.385. The Morgan fingerprint density at radius 3 is 2.28 bits per heavy atom. The number of sulfonamides is 1. The van der Waals surface area contributed by atoms with Gasteiger partial charge < -0.3 is 0 Å². The minimum absolute atomic E-state index is 0.178. The molecule has 0 fully saturated rings. The molecular weight excluding hydrogens is 392 g/mol. The highest BCUT2D eigenvalue weighted by atomic mass is 32.2. The molecule has 0 aliphatic carbocycles. The van der Waals surface area contributed by atoms with Crippen LogP contribution < -0.4 is 5.43 Å². The highest BCUT2D eigenvalue weighted by molar-refractivity contribution is 7.89. The third-order valence-corrected chi connectivity index (χ3v) is 6.59. The van der Waals surface area contributed by atoms with Gasteiger partial charge in [0.25, 0.3) is 5.69 Å². The number of non-ortho nitro benzene ring substituents is 1. The molecule has 0 atom stereocenters. The summed E-state index contributed by atoms with van der Waals surface area (Å²) in [6.45, 7) is 8.15. The van der Waals surface area contributed by atoms with Crippen molar-refractivity contribution in [2.24, 2.45) is 5.10 Å². The Labute approximate surface area is 171 Å². The molecule has 156 valence electrons. The molecule has 2 aromatic carbocycles. The van der Waals surface area contributed by atoms with Gasteiger partial charge in [-0.1, -0.05) is 52.0 Å². The molecule has 0 heterocycles. The predicted octanol–water partition coefficient (Wildman–Crippen LogP) is 4.19. The van der Waals surface area contributed by atoms with Crippen LogP contribution in [0.15, 0.2) is 52.5 Å². The van der Waals surface area contributed by atoms with E-state index in [-0.39, 0.29) is 29.4 Å². The first kappa shape index (κ1) is 22.5.